The molecule has 0 saturated carbocycles. The first-order valence-electron chi connectivity index (χ1n) is 22.3. The number of amides is 2. The molecule has 6 N–H and O–H groups in total. The first-order chi connectivity index (χ1) is 33.1. The Morgan fingerprint density at radius 1 is 0.696 bits per heavy atom. The molecule has 0 spiro atoms. The van der Waals surface area contributed by atoms with E-state index in [-0.39, 0.29) is 179 Å². The Kier molecular flexibility index (Phi) is 26.5. The summed E-state index contributed by atoms with van der Waals surface area (Å²) < 4.78 is 16.9. The number of carbonyl (C=O) groups excluding carboxylic acids is 3. The molecule has 0 aliphatic carbocycles. The van der Waals surface area contributed by atoms with E-state index in [2.05, 4.69) is 27.7 Å². The van der Waals surface area contributed by atoms with Crippen LogP contribution in [-0.4, -0.2) is 239 Å². The molecule has 1 atom stereocenters. The lowest BCUT2D eigenvalue weighted by Gasteiger charge is -2.35. The number of hydrogen-bond acceptors (Lipinski definition) is 18. The van der Waals surface area contributed by atoms with Gasteiger partial charge in [-0.1, -0.05) is 6.07 Å². The smallest absolute Gasteiger partial charge is 0.320 e. The Labute approximate surface area is 403 Å². The van der Waals surface area contributed by atoms with Crippen LogP contribution in [0.25, 0.3) is 0 Å². The number of nitrogens with zero attached hydrogens (tertiary/aromatic N) is 7. The lowest BCUT2D eigenvalue weighted by molar-refractivity contribution is -0.145. The number of nitrogens with one attached hydrogen (secondary N) is 1. The van der Waals surface area contributed by atoms with Crippen molar-refractivity contribution >= 4 is 64.5 Å². The van der Waals surface area contributed by atoms with Gasteiger partial charge >= 0.3 is 23.9 Å². The second-order valence-corrected chi connectivity index (χ2v) is 16.0. The van der Waals surface area contributed by atoms with Gasteiger partial charge in [-0.15, -0.1) is 4.73 Å². The van der Waals surface area contributed by atoms with Crippen molar-refractivity contribution in [1.29, 1.82) is 0 Å². The van der Waals surface area contributed by atoms with E-state index < -0.39 is 41.4 Å². The van der Waals surface area contributed by atoms with Crippen molar-refractivity contribution in [1.82, 2.24) is 34.5 Å². The minimum absolute atomic E-state index is 0.0121. The highest BCUT2D eigenvalue weighted by molar-refractivity contribution is 7.78. The molecule has 69 heavy (non-hydrogen) atoms. The number of thiocarbonyl (C=S) groups is 1. The molecule has 0 bridgehead atoms. The number of hydrogen-bond donors (Lipinski definition) is 6. The summed E-state index contributed by atoms with van der Waals surface area (Å²) in [6.07, 6.45) is -0.189. The summed E-state index contributed by atoms with van der Waals surface area (Å²) in [5, 5.41) is 54.1. The second-order valence-electron chi connectivity index (χ2n) is 15.8. The molecule has 25 heteroatoms. The number of ketones is 1. The molecule has 1 aromatic heterocycles. The third-order valence-corrected chi connectivity index (χ3v) is 10.9. The molecule has 1 aromatic carbocycles. The Morgan fingerprint density at radius 2 is 1.22 bits per heavy atom. The zero-order valence-electron chi connectivity index (χ0n) is 38.4. The van der Waals surface area contributed by atoms with Gasteiger partial charge in [0.1, 0.15) is 17.5 Å². The molecule has 1 aliphatic rings. The number of benzene rings is 1. The molecule has 1 aliphatic heterocycles. The number of pyridine rings is 1. The van der Waals surface area contributed by atoms with Crippen LogP contribution in [0.3, 0.4) is 0 Å². The summed E-state index contributed by atoms with van der Waals surface area (Å²) in [4.78, 5) is 110. The molecule has 380 valence electrons. The Bertz CT molecular complexity index is 2070. The van der Waals surface area contributed by atoms with E-state index in [1.807, 2.05) is 0 Å². The number of ether oxygens (including phenoxy) is 3. The van der Waals surface area contributed by atoms with E-state index in [0.717, 1.165) is 6.07 Å². The quantitative estimate of drug-likeness (QED) is 0.0256. The van der Waals surface area contributed by atoms with Gasteiger partial charge in [0.05, 0.1) is 70.1 Å². The molecular weight excluding hydrogens is 929 g/mol. The van der Waals surface area contributed by atoms with Crippen molar-refractivity contribution in [2.45, 2.75) is 31.7 Å². The van der Waals surface area contributed by atoms with Crippen molar-refractivity contribution in [3.05, 3.63) is 64.1 Å². The highest BCUT2D eigenvalue weighted by Gasteiger charge is 2.29. The molecule has 3 rings (SSSR count). The maximum atomic E-state index is 13.5. The fraction of sp³-hybridized carbons (Fsp3) is 0.568. The molecule has 0 radical (unpaired) electrons. The largest absolute Gasteiger partial charge is 0.480 e. The number of isothiocyanates is 1. The molecule has 24 nitrogen and oxygen atoms in total. The molecule has 1 saturated heterocycles. The van der Waals surface area contributed by atoms with Gasteiger partial charge in [-0.3, -0.25) is 58.0 Å². The van der Waals surface area contributed by atoms with Crippen LogP contribution in [0.15, 0.2) is 52.3 Å². The topological polar surface area (TPSA) is 311 Å². The zero-order valence-corrected chi connectivity index (χ0v) is 39.2. The maximum Gasteiger partial charge on any atom is 0.320 e. The predicted molar refractivity (Wildman–Crippen MR) is 248 cm³/mol. The minimum atomic E-state index is -1.23. The Balaban J connectivity index is 1.50. The van der Waals surface area contributed by atoms with Gasteiger partial charge in [0.25, 0.3) is 17.4 Å². The van der Waals surface area contributed by atoms with E-state index >= 15 is 0 Å². The summed E-state index contributed by atoms with van der Waals surface area (Å²) in [5.41, 5.74) is -0.0830. The van der Waals surface area contributed by atoms with Crippen LogP contribution in [-0.2, 0) is 38.2 Å². The second kappa shape index (κ2) is 31.9. The van der Waals surface area contributed by atoms with Crippen LogP contribution in [0.5, 0.6) is 0 Å². The van der Waals surface area contributed by atoms with Crippen molar-refractivity contribution < 1.29 is 73.4 Å². The van der Waals surface area contributed by atoms with E-state index in [1.54, 1.807) is 43.9 Å². The SMILES string of the molecule is O=C(O)CN1CCN(CC(=O)O)CCN(C(CCC(=O)CCCN(CCOCCOCCOCCNC(=O)c2ccc(N=C=S)cc2)C(=O)c2cccc(=O)n2O)C(=O)O)CCN(CC(=O)O)CC1. The fourth-order valence-corrected chi connectivity index (χ4v) is 7.29. The lowest BCUT2D eigenvalue weighted by Crippen LogP contribution is -2.51. The normalized spacial score (nSPS) is 14.9. The third-order valence-electron chi connectivity index (χ3n) is 10.8. The first kappa shape index (κ1) is 57.3. The summed E-state index contributed by atoms with van der Waals surface area (Å²) in [5.74, 6) is -5.87. The Hall–Kier alpha value is -6.02. The van der Waals surface area contributed by atoms with Crippen molar-refractivity contribution in [2.24, 2.45) is 4.99 Å². The summed E-state index contributed by atoms with van der Waals surface area (Å²) >= 11 is 4.57. The van der Waals surface area contributed by atoms with Gasteiger partial charge < -0.3 is 50.1 Å². The summed E-state index contributed by atoms with van der Waals surface area (Å²) in [6, 6.07) is 9.01. The monoisotopic (exact) mass is 990 g/mol. The van der Waals surface area contributed by atoms with Crippen LogP contribution < -0.4 is 10.9 Å². The standard InChI is InChI=1S/C44H62N8O16S/c53-35(10-11-37(44(63)64)50-20-18-48(30-40(57)58)16-14-47(29-39(55)56)15-17-49(19-21-50)31-41(59)60)3-2-13-51(43(62)36-4-1-5-38(54)52(36)65)22-24-67-26-28-68-27-25-66-23-12-45-42(61)33-6-8-34(9-7-33)46-32-69/h1,4-9,37,65H,2-3,10-31H2,(H,45,61)(H,55,56)(H,57,58)(H,59,60)(H,63,64). The number of aliphatic carboxylic acids is 4. The Morgan fingerprint density at radius 3 is 1.74 bits per heavy atom. The van der Waals surface area contributed by atoms with Gasteiger partial charge in [-0.05, 0) is 55.4 Å². The maximum absolute atomic E-state index is 13.5. The average Bonchev–Trinajstić information content (AvgIpc) is 3.29. The molecule has 2 aromatic rings. The van der Waals surface area contributed by atoms with Gasteiger partial charge in [0, 0.05) is 96.5 Å². The van der Waals surface area contributed by atoms with Crippen molar-refractivity contribution in [3.63, 3.8) is 0 Å². The highest BCUT2D eigenvalue weighted by atomic mass is 32.1. The van der Waals surface area contributed by atoms with E-state index in [4.69, 9.17) is 14.2 Å². The zero-order chi connectivity index (χ0) is 50.6. The summed E-state index contributed by atoms with van der Waals surface area (Å²) in [6.45, 7) is 1.29. The number of carbonyl (C=O) groups is 7. The average molecular weight is 991 g/mol. The van der Waals surface area contributed by atoms with E-state index in [0.29, 0.717) is 11.3 Å². The molecule has 1 fully saturated rings. The molecule has 2 heterocycles. The molecular formula is C44H62N8O16S. The van der Waals surface area contributed by atoms with Gasteiger partial charge in [-0.25, -0.2) is 0 Å². The third kappa shape index (κ3) is 22.8. The molecule has 1 unspecified atom stereocenters. The first-order valence-corrected chi connectivity index (χ1v) is 22.7. The van der Waals surface area contributed by atoms with Crippen LogP contribution >= 0.6 is 12.2 Å². The lowest BCUT2D eigenvalue weighted by atomic mass is 10.0. The fourth-order valence-electron chi connectivity index (χ4n) is 7.18. The minimum Gasteiger partial charge on any atom is -0.480 e. The van der Waals surface area contributed by atoms with Gasteiger partial charge in [0.15, 0.2) is 0 Å². The van der Waals surface area contributed by atoms with Gasteiger partial charge in [0.2, 0.25) is 0 Å². The van der Waals surface area contributed by atoms with Crippen LogP contribution in [0.2, 0.25) is 0 Å². The number of aliphatic imine (C=N–C) groups is 1. The van der Waals surface area contributed by atoms with Crippen LogP contribution in [0.4, 0.5) is 5.69 Å². The van der Waals surface area contributed by atoms with Crippen molar-refractivity contribution in [2.75, 3.05) is 131 Å². The van der Waals surface area contributed by atoms with Crippen molar-refractivity contribution in [3.8, 4) is 0 Å². The number of carboxylic acids is 4. The van der Waals surface area contributed by atoms with Gasteiger partial charge in [-0.2, -0.15) is 4.99 Å². The van der Waals surface area contributed by atoms with E-state index in [1.165, 1.54) is 17.0 Å². The highest BCUT2D eigenvalue weighted by Crippen LogP contribution is 2.14. The number of aromatic nitrogens is 1. The predicted octanol–water partition coefficient (Wildman–Crippen LogP) is -0.200. The van der Waals surface area contributed by atoms with Crippen LogP contribution in [0.1, 0.15) is 46.5 Å². The van der Waals surface area contributed by atoms with E-state index in [9.17, 15) is 64.0 Å². The number of Topliss-reactive ketones (excluding diaryl/α,β-unsaturated/α-hetero) is 1. The molecule has 2 amide bonds. The number of rotatable bonds is 30. The van der Waals surface area contributed by atoms with Crippen LogP contribution in [0, 0.1) is 0 Å². The summed E-state index contributed by atoms with van der Waals surface area (Å²) in [7, 11) is 0. The number of carboxylic acid groups (broad SMARTS) is 4.